The molecule has 0 aliphatic carbocycles. The fraction of sp³-hybridized carbons (Fsp3) is 0.538. The molecule has 1 nitrogen and oxygen atoms in total. The predicted molar refractivity (Wildman–Crippen MR) is 60.5 cm³/mol. The van der Waals surface area contributed by atoms with Crippen LogP contribution >= 0.6 is 0 Å². The Morgan fingerprint density at radius 1 is 1.36 bits per heavy atom. The molecule has 0 aliphatic heterocycles. The third kappa shape index (κ3) is 3.41. The van der Waals surface area contributed by atoms with Gasteiger partial charge in [-0.15, -0.1) is 6.58 Å². The van der Waals surface area contributed by atoms with Gasteiger partial charge < -0.3 is 4.42 Å². The Bertz CT molecular complexity index is 260. The highest BCUT2D eigenvalue weighted by Gasteiger charge is 2.03. The van der Waals surface area contributed by atoms with Crippen LogP contribution in [0.5, 0.6) is 0 Å². The standard InChI is InChI=1S/C13H20O/c1-3-5-6-7-9-13-12(8-4-2)10-11-14-13/h4,10-11H,2-3,5-9H2,1H3. The van der Waals surface area contributed by atoms with Crippen LogP contribution in [0.2, 0.25) is 0 Å². The average molecular weight is 192 g/mol. The van der Waals surface area contributed by atoms with Gasteiger partial charge in [-0.1, -0.05) is 32.3 Å². The number of hydrogen-bond acceptors (Lipinski definition) is 1. The SMILES string of the molecule is C=CCc1ccoc1CCCCCC. The first kappa shape index (κ1) is 11.1. The second kappa shape index (κ2) is 6.47. The summed E-state index contributed by atoms with van der Waals surface area (Å²) in [4.78, 5) is 0. The lowest BCUT2D eigenvalue weighted by molar-refractivity contribution is 0.491. The first-order valence-electron chi connectivity index (χ1n) is 5.54. The van der Waals surface area contributed by atoms with Gasteiger partial charge in [-0.25, -0.2) is 0 Å². The van der Waals surface area contributed by atoms with E-state index in [-0.39, 0.29) is 0 Å². The fourth-order valence-electron chi connectivity index (χ4n) is 1.64. The monoisotopic (exact) mass is 192 g/mol. The van der Waals surface area contributed by atoms with Crippen molar-refractivity contribution in [2.45, 2.75) is 45.4 Å². The van der Waals surface area contributed by atoms with Gasteiger partial charge in [-0.05, 0) is 24.5 Å². The summed E-state index contributed by atoms with van der Waals surface area (Å²) in [6, 6.07) is 2.05. The molecule has 0 saturated heterocycles. The van der Waals surface area contributed by atoms with Crippen LogP contribution in [0.1, 0.15) is 43.9 Å². The summed E-state index contributed by atoms with van der Waals surface area (Å²) in [6.45, 7) is 5.98. The van der Waals surface area contributed by atoms with Gasteiger partial charge in [0.05, 0.1) is 6.26 Å². The summed E-state index contributed by atoms with van der Waals surface area (Å²) in [5, 5.41) is 0. The lowest BCUT2D eigenvalue weighted by Gasteiger charge is -2.00. The van der Waals surface area contributed by atoms with E-state index in [1.165, 1.54) is 31.2 Å². The summed E-state index contributed by atoms with van der Waals surface area (Å²) in [5.41, 5.74) is 1.30. The van der Waals surface area contributed by atoms with E-state index in [9.17, 15) is 0 Å². The molecule has 0 bridgehead atoms. The molecule has 0 aromatic carbocycles. The molecule has 1 heteroatoms. The van der Waals surface area contributed by atoms with E-state index in [1.54, 1.807) is 6.26 Å². The van der Waals surface area contributed by atoms with Crippen molar-refractivity contribution in [2.75, 3.05) is 0 Å². The molecule has 0 fully saturated rings. The van der Waals surface area contributed by atoms with Gasteiger partial charge in [0.2, 0.25) is 0 Å². The van der Waals surface area contributed by atoms with Crippen LogP contribution < -0.4 is 0 Å². The highest BCUT2D eigenvalue weighted by molar-refractivity contribution is 5.19. The minimum atomic E-state index is 0.930. The minimum absolute atomic E-state index is 0.930. The van der Waals surface area contributed by atoms with Crippen molar-refractivity contribution in [1.29, 1.82) is 0 Å². The van der Waals surface area contributed by atoms with E-state index in [1.807, 2.05) is 6.08 Å². The Morgan fingerprint density at radius 2 is 2.21 bits per heavy atom. The maximum Gasteiger partial charge on any atom is 0.107 e. The topological polar surface area (TPSA) is 13.1 Å². The normalized spacial score (nSPS) is 10.4. The molecule has 0 aliphatic rings. The zero-order valence-corrected chi connectivity index (χ0v) is 9.09. The Hall–Kier alpha value is -0.980. The number of hydrogen-bond donors (Lipinski definition) is 0. The summed E-state index contributed by atoms with van der Waals surface area (Å²) < 4.78 is 5.45. The molecule has 1 heterocycles. The minimum Gasteiger partial charge on any atom is -0.469 e. The molecule has 0 amide bonds. The van der Waals surface area contributed by atoms with E-state index in [0.29, 0.717) is 0 Å². The van der Waals surface area contributed by atoms with Crippen LogP contribution in [0.15, 0.2) is 29.4 Å². The van der Waals surface area contributed by atoms with E-state index in [2.05, 4.69) is 19.6 Å². The predicted octanol–water partition coefficient (Wildman–Crippen LogP) is 4.13. The van der Waals surface area contributed by atoms with Crippen molar-refractivity contribution in [3.8, 4) is 0 Å². The van der Waals surface area contributed by atoms with Crippen LogP contribution in [-0.2, 0) is 12.8 Å². The van der Waals surface area contributed by atoms with Crippen LogP contribution in [0.4, 0.5) is 0 Å². The maximum absolute atomic E-state index is 5.45. The quantitative estimate of drug-likeness (QED) is 0.467. The third-order valence-corrected chi connectivity index (χ3v) is 2.46. The van der Waals surface area contributed by atoms with Gasteiger partial charge >= 0.3 is 0 Å². The first-order chi connectivity index (χ1) is 6.88. The number of furan rings is 1. The molecule has 0 spiro atoms. The second-order valence-corrected chi connectivity index (χ2v) is 3.67. The molecule has 78 valence electrons. The molecule has 0 saturated carbocycles. The molecule has 14 heavy (non-hydrogen) atoms. The molecule has 0 unspecified atom stereocenters. The maximum atomic E-state index is 5.45. The zero-order chi connectivity index (χ0) is 10.2. The Morgan fingerprint density at radius 3 is 2.93 bits per heavy atom. The smallest absolute Gasteiger partial charge is 0.107 e. The van der Waals surface area contributed by atoms with Gasteiger partial charge in [0.25, 0.3) is 0 Å². The highest BCUT2D eigenvalue weighted by atomic mass is 16.3. The van der Waals surface area contributed by atoms with E-state index < -0.39 is 0 Å². The molecular formula is C13H20O. The van der Waals surface area contributed by atoms with Gasteiger partial charge in [0, 0.05) is 6.42 Å². The average Bonchev–Trinajstić information content (AvgIpc) is 2.61. The van der Waals surface area contributed by atoms with Gasteiger partial charge in [0.1, 0.15) is 5.76 Å². The van der Waals surface area contributed by atoms with Crippen molar-refractivity contribution < 1.29 is 4.42 Å². The fourth-order valence-corrected chi connectivity index (χ4v) is 1.64. The largest absolute Gasteiger partial charge is 0.469 e. The highest BCUT2D eigenvalue weighted by Crippen LogP contribution is 2.15. The van der Waals surface area contributed by atoms with Gasteiger partial charge in [-0.3, -0.25) is 0 Å². The zero-order valence-electron chi connectivity index (χ0n) is 9.09. The Balaban J connectivity index is 2.33. The van der Waals surface area contributed by atoms with Crippen molar-refractivity contribution >= 4 is 0 Å². The second-order valence-electron chi connectivity index (χ2n) is 3.67. The molecular weight excluding hydrogens is 172 g/mol. The number of allylic oxidation sites excluding steroid dienone is 1. The Kier molecular flexibility index (Phi) is 5.13. The van der Waals surface area contributed by atoms with Crippen molar-refractivity contribution in [2.24, 2.45) is 0 Å². The van der Waals surface area contributed by atoms with E-state index >= 15 is 0 Å². The van der Waals surface area contributed by atoms with Crippen molar-refractivity contribution in [3.05, 3.63) is 36.3 Å². The number of rotatable bonds is 7. The van der Waals surface area contributed by atoms with Crippen LogP contribution in [-0.4, -0.2) is 0 Å². The molecule has 0 N–H and O–H groups in total. The third-order valence-electron chi connectivity index (χ3n) is 2.46. The first-order valence-corrected chi connectivity index (χ1v) is 5.54. The molecule has 0 radical (unpaired) electrons. The summed E-state index contributed by atoms with van der Waals surface area (Å²) >= 11 is 0. The van der Waals surface area contributed by atoms with Crippen LogP contribution in [0.3, 0.4) is 0 Å². The summed E-state index contributed by atoms with van der Waals surface area (Å²) in [6.07, 6.45) is 10.9. The Labute approximate surface area is 86.8 Å². The van der Waals surface area contributed by atoms with Gasteiger partial charge in [0.15, 0.2) is 0 Å². The molecule has 1 aromatic heterocycles. The lowest BCUT2D eigenvalue weighted by Crippen LogP contribution is -1.88. The van der Waals surface area contributed by atoms with Crippen molar-refractivity contribution in [1.82, 2.24) is 0 Å². The van der Waals surface area contributed by atoms with E-state index in [4.69, 9.17) is 4.42 Å². The number of unbranched alkanes of at least 4 members (excludes halogenated alkanes) is 3. The molecule has 1 rings (SSSR count). The molecule has 1 aromatic rings. The van der Waals surface area contributed by atoms with Crippen LogP contribution in [0, 0.1) is 0 Å². The summed E-state index contributed by atoms with van der Waals surface area (Å²) in [5.74, 6) is 1.15. The van der Waals surface area contributed by atoms with Crippen LogP contribution in [0.25, 0.3) is 0 Å². The van der Waals surface area contributed by atoms with Gasteiger partial charge in [-0.2, -0.15) is 0 Å². The van der Waals surface area contributed by atoms with E-state index in [0.717, 1.165) is 18.6 Å². The van der Waals surface area contributed by atoms with Crippen molar-refractivity contribution in [3.63, 3.8) is 0 Å². The number of aryl methyl sites for hydroxylation is 1. The summed E-state index contributed by atoms with van der Waals surface area (Å²) in [7, 11) is 0. The molecule has 0 atom stereocenters. The lowest BCUT2D eigenvalue weighted by atomic mass is 10.1.